The van der Waals surface area contributed by atoms with Crippen LogP contribution in [0.5, 0.6) is 17.2 Å². The molecule has 1 aliphatic rings. The van der Waals surface area contributed by atoms with E-state index < -0.39 is 6.10 Å². The zero-order chi connectivity index (χ0) is 17.6. The van der Waals surface area contributed by atoms with Crippen molar-refractivity contribution in [2.45, 2.75) is 19.1 Å². The van der Waals surface area contributed by atoms with Gasteiger partial charge < -0.3 is 19.3 Å². The minimum atomic E-state index is -0.533. The summed E-state index contributed by atoms with van der Waals surface area (Å²) in [5.41, 5.74) is 2.63. The monoisotopic (exact) mass is 343 g/mol. The highest BCUT2D eigenvalue weighted by Gasteiger charge is 2.19. The molecule has 1 aliphatic heterocycles. The first-order chi connectivity index (χ1) is 12.2. The molecule has 3 rings (SSSR count). The van der Waals surface area contributed by atoms with Crippen LogP contribution < -0.4 is 14.2 Å². The molecule has 5 nitrogen and oxygen atoms in total. The maximum absolute atomic E-state index is 10.3. The van der Waals surface area contributed by atoms with Gasteiger partial charge in [-0.2, -0.15) is 0 Å². The van der Waals surface area contributed by atoms with Gasteiger partial charge in [0.05, 0.1) is 14.2 Å². The van der Waals surface area contributed by atoms with Gasteiger partial charge in [-0.15, -0.1) is 0 Å². The number of benzene rings is 2. The Morgan fingerprint density at radius 3 is 2.36 bits per heavy atom. The van der Waals surface area contributed by atoms with Crippen molar-refractivity contribution in [3.8, 4) is 17.2 Å². The minimum Gasteiger partial charge on any atom is -0.497 e. The molecule has 134 valence electrons. The molecule has 25 heavy (non-hydrogen) atoms. The largest absolute Gasteiger partial charge is 0.497 e. The number of rotatable bonds is 7. The van der Waals surface area contributed by atoms with Gasteiger partial charge in [-0.05, 0) is 53.9 Å². The average molecular weight is 343 g/mol. The van der Waals surface area contributed by atoms with Crippen LogP contribution in [0.2, 0.25) is 0 Å². The summed E-state index contributed by atoms with van der Waals surface area (Å²) in [5.74, 6) is 2.40. The van der Waals surface area contributed by atoms with Crippen molar-refractivity contribution in [3.05, 3.63) is 53.6 Å². The third-order valence-electron chi connectivity index (χ3n) is 4.48. The molecule has 0 saturated heterocycles. The van der Waals surface area contributed by atoms with E-state index in [4.69, 9.17) is 14.2 Å². The average Bonchev–Trinajstić information content (AvgIpc) is 2.66. The Bertz CT molecular complexity index is 687. The van der Waals surface area contributed by atoms with Gasteiger partial charge in [0, 0.05) is 19.6 Å². The van der Waals surface area contributed by atoms with E-state index in [-0.39, 0.29) is 6.61 Å². The van der Waals surface area contributed by atoms with Crippen LogP contribution in [0, 0.1) is 0 Å². The molecule has 1 atom stereocenters. The van der Waals surface area contributed by atoms with Crippen molar-refractivity contribution < 1.29 is 19.3 Å². The molecule has 0 amide bonds. The number of hydrogen-bond acceptors (Lipinski definition) is 5. The van der Waals surface area contributed by atoms with Gasteiger partial charge >= 0.3 is 0 Å². The van der Waals surface area contributed by atoms with Crippen molar-refractivity contribution in [1.29, 1.82) is 0 Å². The van der Waals surface area contributed by atoms with E-state index in [0.717, 1.165) is 36.8 Å². The summed E-state index contributed by atoms with van der Waals surface area (Å²) in [6.45, 7) is 2.63. The summed E-state index contributed by atoms with van der Waals surface area (Å²) in [6.07, 6.45) is 0.458. The number of aliphatic hydroxyl groups is 1. The van der Waals surface area contributed by atoms with Crippen LogP contribution in [0.15, 0.2) is 42.5 Å². The lowest BCUT2D eigenvalue weighted by Crippen LogP contribution is -2.38. The molecule has 0 aliphatic carbocycles. The predicted molar refractivity (Wildman–Crippen MR) is 96.5 cm³/mol. The highest BCUT2D eigenvalue weighted by molar-refractivity contribution is 5.37. The molecule has 2 aromatic carbocycles. The number of hydrogen-bond donors (Lipinski definition) is 1. The van der Waals surface area contributed by atoms with Crippen LogP contribution in [-0.4, -0.2) is 50.0 Å². The Labute approximate surface area is 148 Å². The van der Waals surface area contributed by atoms with E-state index >= 15 is 0 Å². The molecule has 0 bridgehead atoms. The van der Waals surface area contributed by atoms with Gasteiger partial charge in [-0.3, -0.25) is 4.90 Å². The topological polar surface area (TPSA) is 51.2 Å². The zero-order valence-corrected chi connectivity index (χ0v) is 14.8. The molecule has 1 heterocycles. The summed E-state index contributed by atoms with van der Waals surface area (Å²) in [5, 5.41) is 10.3. The normalized spacial score (nSPS) is 15.3. The van der Waals surface area contributed by atoms with Crippen molar-refractivity contribution in [1.82, 2.24) is 4.90 Å². The molecule has 0 spiro atoms. The van der Waals surface area contributed by atoms with Crippen LogP contribution in [0.1, 0.15) is 11.1 Å². The number of methoxy groups -OCH3 is 2. The molecule has 0 fully saturated rings. The highest BCUT2D eigenvalue weighted by Crippen LogP contribution is 2.24. The van der Waals surface area contributed by atoms with Gasteiger partial charge in [0.25, 0.3) is 0 Å². The second-order valence-corrected chi connectivity index (χ2v) is 6.26. The summed E-state index contributed by atoms with van der Waals surface area (Å²) in [7, 11) is 3.31. The van der Waals surface area contributed by atoms with Gasteiger partial charge in [-0.25, -0.2) is 0 Å². The number of fused-ring (bicyclic) bond motifs is 1. The summed E-state index contributed by atoms with van der Waals surface area (Å²) < 4.78 is 16.1. The molecule has 0 radical (unpaired) electrons. The third kappa shape index (κ3) is 4.65. The van der Waals surface area contributed by atoms with E-state index in [1.54, 1.807) is 14.2 Å². The first kappa shape index (κ1) is 17.6. The van der Waals surface area contributed by atoms with E-state index in [2.05, 4.69) is 17.0 Å². The highest BCUT2D eigenvalue weighted by atomic mass is 16.5. The van der Waals surface area contributed by atoms with Crippen molar-refractivity contribution in [2.24, 2.45) is 0 Å². The van der Waals surface area contributed by atoms with E-state index in [9.17, 15) is 5.11 Å². The Morgan fingerprint density at radius 1 is 0.960 bits per heavy atom. The lowest BCUT2D eigenvalue weighted by molar-refractivity contribution is 0.0637. The number of nitrogens with zero attached hydrogens (tertiary/aromatic N) is 1. The molecule has 0 saturated carbocycles. The second-order valence-electron chi connectivity index (χ2n) is 6.26. The predicted octanol–water partition coefficient (Wildman–Crippen LogP) is 2.50. The van der Waals surface area contributed by atoms with Gasteiger partial charge in [0.15, 0.2) is 0 Å². The van der Waals surface area contributed by atoms with Crippen molar-refractivity contribution in [3.63, 3.8) is 0 Å². The van der Waals surface area contributed by atoms with Crippen LogP contribution in [0.4, 0.5) is 0 Å². The minimum absolute atomic E-state index is 0.272. The van der Waals surface area contributed by atoms with Gasteiger partial charge in [0.2, 0.25) is 0 Å². The lowest BCUT2D eigenvalue weighted by atomic mass is 9.99. The SMILES string of the molecule is COc1ccc(OCC(O)CN2CCc3ccc(OC)cc3C2)cc1. The maximum atomic E-state index is 10.3. The molecular formula is C20H25NO4. The van der Waals surface area contributed by atoms with Gasteiger partial charge in [-0.1, -0.05) is 6.07 Å². The van der Waals surface area contributed by atoms with Crippen LogP contribution in [-0.2, 0) is 13.0 Å². The molecular weight excluding hydrogens is 318 g/mol. The number of aliphatic hydroxyl groups excluding tert-OH is 1. The van der Waals surface area contributed by atoms with Crippen LogP contribution in [0.25, 0.3) is 0 Å². The summed E-state index contributed by atoms with van der Waals surface area (Å²) in [4.78, 5) is 2.25. The fourth-order valence-electron chi connectivity index (χ4n) is 3.09. The zero-order valence-electron chi connectivity index (χ0n) is 14.8. The van der Waals surface area contributed by atoms with Crippen molar-refractivity contribution in [2.75, 3.05) is 33.9 Å². The van der Waals surface area contributed by atoms with E-state index in [0.29, 0.717) is 6.54 Å². The smallest absolute Gasteiger partial charge is 0.119 e. The molecule has 2 aromatic rings. The quantitative estimate of drug-likeness (QED) is 0.837. The third-order valence-corrected chi connectivity index (χ3v) is 4.48. The fraction of sp³-hybridized carbons (Fsp3) is 0.400. The Kier molecular flexibility index (Phi) is 5.79. The Morgan fingerprint density at radius 2 is 1.64 bits per heavy atom. The molecule has 1 unspecified atom stereocenters. The molecule has 5 heteroatoms. The fourth-order valence-corrected chi connectivity index (χ4v) is 3.09. The Hall–Kier alpha value is -2.24. The first-order valence-corrected chi connectivity index (χ1v) is 8.51. The lowest BCUT2D eigenvalue weighted by Gasteiger charge is -2.30. The maximum Gasteiger partial charge on any atom is 0.119 e. The van der Waals surface area contributed by atoms with Crippen LogP contribution in [0.3, 0.4) is 0 Å². The van der Waals surface area contributed by atoms with Crippen molar-refractivity contribution >= 4 is 0 Å². The first-order valence-electron chi connectivity index (χ1n) is 8.51. The van der Waals surface area contributed by atoms with Gasteiger partial charge in [0.1, 0.15) is 30.0 Å². The standard InChI is InChI=1S/C20H25NO4/c1-23-18-5-7-19(8-6-18)25-14-17(22)13-21-10-9-15-3-4-20(24-2)11-16(15)12-21/h3-8,11,17,22H,9-10,12-14H2,1-2H3. The molecule has 1 N–H and O–H groups in total. The summed E-state index contributed by atoms with van der Waals surface area (Å²) in [6, 6.07) is 13.6. The number of ether oxygens (including phenoxy) is 3. The molecule has 0 aromatic heterocycles. The van der Waals surface area contributed by atoms with Crippen LogP contribution >= 0.6 is 0 Å². The van der Waals surface area contributed by atoms with E-state index in [1.165, 1.54) is 11.1 Å². The summed E-state index contributed by atoms with van der Waals surface area (Å²) >= 11 is 0. The Balaban J connectivity index is 1.50. The number of β-amino-alcohol motifs (C(OH)–C–C–N with tert-alkyl or cyclic N) is 1. The second kappa shape index (κ2) is 8.23. The van der Waals surface area contributed by atoms with E-state index in [1.807, 2.05) is 30.3 Å².